The van der Waals surface area contributed by atoms with Crippen molar-refractivity contribution in [2.45, 2.75) is 20.3 Å². The van der Waals surface area contributed by atoms with Gasteiger partial charge in [-0.15, -0.1) is 0 Å². The van der Waals surface area contributed by atoms with E-state index in [1.807, 2.05) is 24.3 Å². The number of hydrogen-bond acceptors (Lipinski definition) is 2. The molecule has 0 heterocycles. The molecule has 2 nitrogen and oxygen atoms in total. The van der Waals surface area contributed by atoms with Crippen LogP contribution in [0.15, 0.2) is 42.5 Å². The van der Waals surface area contributed by atoms with E-state index in [0.29, 0.717) is 27.8 Å². The molecule has 3 heteroatoms. The number of carbonyl (C=O) groups is 1. The molecule has 0 radical (unpaired) electrons. The van der Waals surface area contributed by atoms with Crippen molar-refractivity contribution < 1.29 is 9.53 Å². The van der Waals surface area contributed by atoms with Gasteiger partial charge in [0.25, 0.3) is 0 Å². The fraction of sp³-hybridized carbons (Fsp3) is 0.278. The summed E-state index contributed by atoms with van der Waals surface area (Å²) in [5, 5.41) is 0.525. The van der Waals surface area contributed by atoms with E-state index >= 15 is 0 Å². The quantitative estimate of drug-likeness (QED) is 0.743. The van der Waals surface area contributed by atoms with Gasteiger partial charge in [0, 0.05) is 10.6 Å². The zero-order chi connectivity index (χ0) is 15.4. The summed E-state index contributed by atoms with van der Waals surface area (Å²) in [6.07, 6.45) is 0.952. The second-order valence-electron chi connectivity index (χ2n) is 5.47. The van der Waals surface area contributed by atoms with Crippen molar-refractivity contribution in [2.75, 3.05) is 7.11 Å². The molecule has 0 saturated heterocycles. The van der Waals surface area contributed by atoms with E-state index in [1.165, 1.54) is 0 Å². The Kier molecular flexibility index (Phi) is 5.03. The minimum atomic E-state index is -0.0695. The molecule has 0 aliphatic carbocycles. The molecule has 0 aliphatic heterocycles. The summed E-state index contributed by atoms with van der Waals surface area (Å²) in [5.41, 5.74) is 2.32. The topological polar surface area (TPSA) is 26.3 Å². The Labute approximate surface area is 130 Å². The van der Waals surface area contributed by atoms with E-state index in [1.54, 1.807) is 25.3 Å². The third-order valence-corrected chi connectivity index (χ3v) is 3.47. The van der Waals surface area contributed by atoms with Gasteiger partial charge in [0.1, 0.15) is 5.75 Å². The fourth-order valence-corrected chi connectivity index (χ4v) is 2.50. The first-order chi connectivity index (χ1) is 10.0. The first-order valence-corrected chi connectivity index (χ1v) is 7.36. The van der Waals surface area contributed by atoms with Gasteiger partial charge in [0.15, 0.2) is 5.78 Å². The zero-order valence-electron chi connectivity index (χ0n) is 12.5. The molecule has 0 spiro atoms. The van der Waals surface area contributed by atoms with Crippen molar-refractivity contribution in [2.24, 2.45) is 5.92 Å². The Morgan fingerprint density at radius 1 is 1.19 bits per heavy atom. The highest BCUT2D eigenvalue weighted by molar-refractivity contribution is 6.31. The van der Waals surface area contributed by atoms with Crippen LogP contribution >= 0.6 is 11.6 Å². The molecule has 0 bridgehead atoms. The molecule has 0 saturated carbocycles. The number of benzene rings is 2. The number of methoxy groups -OCH3 is 1. The molecule has 0 fully saturated rings. The van der Waals surface area contributed by atoms with E-state index in [9.17, 15) is 4.79 Å². The molecule has 2 aromatic rings. The number of carbonyl (C=O) groups excluding carboxylic acids is 1. The molecule has 0 aromatic heterocycles. The molecular formula is C18H19ClO2. The van der Waals surface area contributed by atoms with Crippen molar-refractivity contribution in [1.82, 2.24) is 0 Å². The summed E-state index contributed by atoms with van der Waals surface area (Å²) in [5.74, 6) is 1.02. The zero-order valence-corrected chi connectivity index (χ0v) is 13.3. The van der Waals surface area contributed by atoms with Crippen LogP contribution in [-0.4, -0.2) is 12.9 Å². The molecule has 0 amide bonds. The molecule has 2 aromatic carbocycles. The van der Waals surface area contributed by atoms with Crippen molar-refractivity contribution in [3.05, 3.63) is 64.2 Å². The Bertz CT molecular complexity index is 647. The van der Waals surface area contributed by atoms with Crippen molar-refractivity contribution in [3.63, 3.8) is 0 Å². The van der Waals surface area contributed by atoms with Gasteiger partial charge in [-0.1, -0.05) is 43.6 Å². The average molecular weight is 303 g/mol. The highest BCUT2D eigenvalue weighted by Gasteiger charge is 2.15. The van der Waals surface area contributed by atoms with Gasteiger partial charge in [-0.2, -0.15) is 0 Å². The summed E-state index contributed by atoms with van der Waals surface area (Å²) in [6.45, 7) is 4.32. The highest BCUT2D eigenvalue weighted by Crippen LogP contribution is 2.25. The monoisotopic (exact) mass is 302 g/mol. The lowest BCUT2D eigenvalue weighted by Crippen LogP contribution is -2.05. The molecular weight excluding hydrogens is 284 g/mol. The van der Waals surface area contributed by atoms with Crippen LogP contribution in [0, 0.1) is 5.92 Å². The lowest BCUT2D eigenvalue weighted by molar-refractivity contribution is 0.103. The van der Waals surface area contributed by atoms with Gasteiger partial charge < -0.3 is 4.74 Å². The maximum atomic E-state index is 12.7. The van der Waals surface area contributed by atoms with E-state index in [-0.39, 0.29) is 5.78 Å². The third-order valence-electron chi connectivity index (χ3n) is 3.24. The summed E-state index contributed by atoms with van der Waals surface area (Å²) in [7, 11) is 1.55. The normalized spacial score (nSPS) is 10.7. The first-order valence-electron chi connectivity index (χ1n) is 6.98. The summed E-state index contributed by atoms with van der Waals surface area (Å²) in [4.78, 5) is 12.7. The lowest BCUT2D eigenvalue weighted by Gasteiger charge is -2.10. The van der Waals surface area contributed by atoms with E-state index in [2.05, 4.69) is 13.8 Å². The van der Waals surface area contributed by atoms with Gasteiger partial charge in [0.2, 0.25) is 0 Å². The fourth-order valence-electron chi connectivity index (χ4n) is 2.32. The number of hydrogen-bond donors (Lipinski definition) is 0. The molecule has 0 unspecified atom stereocenters. The van der Waals surface area contributed by atoms with Crippen LogP contribution in [0.1, 0.15) is 35.3 Å². The summed E-state index contributed by atoms with van der Waals surface area (Å²) < 4.78 is 5.26. The van der Waals surface area contributed by atoms with Crippen molar-refractivity contribution >= 4 is 17.4 Å². The number of ether oxygens (including phenoxy) is 1. The summed E-state index contributed by atoms with van der Waals surface area (Å²) >= 11 is 6.00. The second-order valence-corrected chi connectivity index (χ2v) is 5.91. The molecule has 0 N–H and O–H groups in total. The maximum absolute atomic E-state index is 12.7. The maximum Gasteiger partial charge on any atom is 0.196 e. The SMILES string of the molecule is COc1ccc(Cl)cc1C(=O)c1cccc(CC(C)C)c1. The third kappa shape index (κ3) is 3.85. The van der Waals surface area contributed by atoms with E-state index in [4.69, 9.17) is 16.3 Å². The van der Waals surface area contributed by atoms with Crippen LogP contribution in [0.3, 0.4) is 0 Å². The van der Waals surface area contributed by atoms with Crippen LogP contribution < -0.4 is 4.74 Å². The van der Waals surface area contributed by atoms with Crippen LogP contribution in [0.2, 0.25) is 5.02 Å². The lowest BCUT2D eigenvalue weighted by atomic mass is 9.97. The Hall–Kier alpha value is -1.80. The first kappa shape index (κ1) is 15.6. The molecule has 2 rings (SSSR count). The Morgan fingerprint density at radius 2 is 1.95 bits per heavy atom. The molecule has 0 aliphatic rings. The minimum Gasteiger partial charge on any atom is -0.496 e. The summed E-state index contributed by atoms with van der Waals surface area (Å²) in [6, 6.07) is 12.8. The number of halogens is 1. The number of ketones is 1. The van der Waals surface area contributed by atoms with Crippen molar-refractivity contribution in [1.29, 1.82) is 0 Å². The largest absolute Gasteiger partial charge is 0.496 e. The minimum absolute atomic E-state index is 0.0695. The Balaban J connectivity index is 2.38. The van der Waals surface area contributed by atoms with Crippen LogP contribution in [0.5, 0.6) is 5.75 Å². The molecule has 0 atom stereocenters. The standard InChI is InChI=1S/C18H19ClO2/c1-12(2)9-13-5-4-6-14(10-13)18(20)16-11-15(19)7-8-17(16)21-3/h4-8,10-12H,9H2,1-3H3. The predicted molar refractivity (Wildman–Crippen MR) is 86.4 cm³/mol. The average Bonchev–Trinajstić information content (AvgIpc) is 2.46. The smallest absolute Gasteiger partial charge is 0.196 e. The van der Waals surface area contributed by atoms with Crippen molar-refractivity contribution in [3.8, 4) is 5.75 Å². The predicted octanol–water partition coefficient (Wildman–Crippen LogP) is 4.78. The van der Waals surface area contributed by atoms with E-state index in [0.717, 1.165) is 12.0 Å². The highest BCUT2D eigenvalue weighted by atomic mass is 35.5. The number of rotatable bonds is 5. The van der Waals surface area contributed by atoms with Gasteiger partial charge >= 0.3 is 0 Å². The Morgan fingerprint density at radius 3 is 2.62 bits per heavy atom. The van der Waals surface area contributed by atoms with Gasteiger partial charge in [-0.3, -0.25) is 4.79 Å². The van der Waals surface area contributed by atoms with E-state index < -0.39 is 0 Å². The van der Waals surface area contributed by atoms with Gasteiger partial charge in [-0.05, 0) is 42.2 Å². The van der Waals surface area contributed by atoms with Gasteiger partial charge in [-0.25, -0.2) is 0 Å². The second kappa shape index (κ2) is 6.77. The molecule has 21 heavy (non-hydrogen) atoms. The molecule has 110 valence electrons. The van der Waals surface area contributed by atoms with Gasteiger partial charge in [0.05, 0.1) is 12.7 Å². The van der Waals surface area contributed by atoms with Crippen LogP contribution in [-0.2, 0) is 6.42 Å². The van der Waals surface area contributed by atoms with Crippen LogP contribution in [0.4, 0.5) is 0 Å². The van der Waals surface area contributed by atoms with Crippen LogP contribution in [0.25, 0.3) is 0 Å².